The summed E-state index contributed by atoms with van der Waals surface area (Å²) in [5.74, 6) is -0.106. The number of aryl methyl sites for hydroxylation is 1. The summed E-state index contributed by atoms with van der Waals surface area (Å²) in [6.07, 6.45) is 0.676. The van der Waals surface area contributed by atoms with Gasteiger partial charge in [-0.1, -0.05) is 54.6 Å². The van der Waals surface area contributed by atoms with Gasteiger partial charge in [0.2, 0.25) is 0 Å². The molecule has 28 heavy (non-hydrogen) atoms. The standard InChI is InChI=1S/C23H21N3O2/c27-22(19-13-11-18(12-14-19)17-7-2-1-3-8-17)24-15-6-16-26-21-10-5-4-9-20(21)25-23(26)28/h1-5,7-14H,6,15-16H2,(H,24,27)(H,25,28). The van der Waals surface area contributed by atoms with Crippen LogP contribution in [0.1, 0.15) is 16.8 Å². The average Bonchev–Trinajstić information content (AvgIpc) is 3.07. The minimum atomic E-state index is -0.121. The maximum atomic E-state index is 12.3. The second-order valence-corrected chi connectivity index (χ2v) is 6.65. The first-order valence-electron chi connectivity index (χ1n) is 9.33. The van der Waals surface area contributed by atoms with Crippen molar-refractivity contribution in [1.29, 1.82) is 0 Å². The van der Waals surface area contributed by atoms with E-state index in [2.05, 4.69) is 10.3 Å². The van der Waals surface area contributed by atoms with Crippen LogP contribution in [0.2, 0.25) is 0 Å². The van der Waals surface area contributed by atoms with E-state index in [9.17, 15) is 9.59 Å². The number of nitrogens with zero attached hydrogens (tertiary/aromatic N) is 1. The summed E-state index contributed by atoms with van der Waals surface area (Å²) < 4.78 is 1.70. The molecule has 0 saturated carbocycles. The Morgan fingerprint density at radius 2 is 1.54 bits per heavy atom. The highest BCUT2D eigenvalue weighted by atomic mass is 16.2. The van der Waals surface area contributed by atoms with Gasteiger partial charge in [0.1, 0.15) is 0 Å². The van der Waals surface area contributed by atoms with Gasteiger partial charge in [-0.05, 0) is 41.8 Å². The molecule has 0 aliphatic rings. The van der Waals surface area contributed by atoms with Crippen LogP contribution in [0.15, 0.2) is 83.7 Å². The van der Waals surface area contributed by atoms with Crippen molar-refractivity contribution in [2.75, 3.05) is 6.54 Å². The Kier molecular flexibility index (Phi) is 5.06. The van der Waals surface area contributed by atoms with Gasteiger partial charge in [-0.2, -0.15) is 0 Å². The number of carbonyl (C=O) groups is 1. The maximum Gasteiger partial charge on any atom is 0.326 e. The van der Waals surface area contributed by atoms with Crippen LogP contribution in [0.3, 0.4) is 0 Å². The van der Waals surface area contributed by atoms with Gasteiger partial charge in [0.15, 0.2) is 0 Å². The van der Waals surface area contributed by atoms with E-state index in [-0.39, 0.29) is 11.6 Å². The first kappa shape index (κ1) is 17.8. The fourth-order valence-electron chi connectivity index (χ4n) is 3.31. The number of carbonyl (C=O) groups excluding carboxylic acids is 1. The van der Waals surface area contributed by atoms with Crippen LogP contribution in [0.4, 0.5) is 0 Å². The molecule has 0 aliphatic carbocycles. The third-order valence-electron chi connectivity index (χ3n) is 4.78. The fourth-order valence-corrected chi connectivity index (χ4v) is 3.31. The van der Waals surface area contributed by atoms with Gasteiger partial charge in [-0.3, -0.25) is 9.36 Å². The minimum absolute atomic E-state index is 0.106. The van der Waals surface area contributed by atoms with Crippen molar-refractivity contribution in [1.82, 2.24) is 14.9 Å². The van der Waals surface area contributed by atoms with Crippen LogP contribution in [0.25, 0.3) is 22.2 Å². The number of imidazole rings is 1. The zero-order valence-electron chi connectivity index (χ0n) is 15.4. The number of H-pyrrole nitrogens is 1. The molecule has 2 N–H and O–H groups in total. The smallest absolute Gasteiger partial charge is 0.326 e. The van der Waals surface area contributed by atoms with Crippen LogP contribution in [-0.2, 0) is 6.54 Å². The third-order valence-corrected chi connectivity index (χ3v) is 4.78. The second-order valence-electron chi connectivity index (χ2n) is 6.65. The van der Waals surface area contributed by atoms with E-state index in [0.29, 0.717) is 25.1 Å². The Bertz CT molecular complexity index is 1140. The number of rotatable bonds is 6. The highest BCUT2D eigenvalue weighted by Gasteiger charge is 2.07. The zero-order valence-corrected chi connectivity index (χ0v) is 15.4. The summed E-state index contributed by atoms with van der Waals surface area (Å²) in [6.45, 7) is 1.06. The molecule has 0 fully saturated rings. The van der Waals surface area contributed by atoms with E-state index < -0.39 is 0 Å². The molecule has 140 valence electrons. The number of aromatic amines is 1. The lowest BCUT2D eigenvalue weighted by atomic mass is 10.0. The molecule has 0 spiro atoms. The number of para-hydroxylation sites is 2. The highest BCUT2D eigenvalue weighted by Crippen LogP contribution is 2.19. The van der Waals surface area contributed by atoms with E-state index in [0.717, 1.165) is 22.2 Å². The maximum absolute atomic E-state index is 12.3. The molecule has 0 unspecified atom stereocenters. The van der Waals surface area contributed by atoms with Crippen molar-refractivity contribution in [3.05, 3.63) is 94.9 Å². The molecule has 1 aromatic heterocycles. The van der Waals surface area contributed by atoms with Gasteiger partial charge in [-0.25, -0.2) is 4.79 Å². The average molecular weight is 371 g/mol. The quantitative estimate of drug-likeness (QED) is 0.506. The van der Waals surface area contributed by atoms with Gasteiger partial charge in [0.25, 0.3) is 5.91 Å². The second kappa shape index (κ2) is 7.96. The van der Waals surface area contributed by atoms with Gasteiger partial charge < -0.3 is 10.3 Å². The van der Waals surface area contributed by atoms with Crippen molar-refractivity contribution in [2.45, 2.75) is 13.0 Å². The Balaban J connectivity index is 1.33. The molecule has 1 amide bonds. The van der Waals surface area contributed by atoms with Crippen LogP contribution in [0.5, 0.6) is 0 Å². The number of hydrogen-bond donors (Lipinski definition) is 2. The predicted octanol–water partition coefficient (Wildman–Crippen LogP) is 3.82. The van der Waals surface area contributed by atoms with Gasteiger partial charge in [0.05, 0.1) is 11.0 Å². The Morgan fingerprint density at radius 1 is 0.857 bits per heavy atom. The van der Waals surface area contributed by atoms with Crippen molar-refractivity contribution in [3.8, 4) is 11.1 Å². The lowest BCUT2D eigenvalue weighted by Gasteiger charge is -2.07. The summed E-state index contributed by atoms with van der Waals surface area (Å²) in [5.41, 5.74) is 4.42. The molecular weight excluding hydrogens is 350 g/mol. The number of hydrogen-bond acceptors (Lipinski definition) is 2. The molecule has 1 heterocycles. The topological polar surface area (TPSA) is 66.9 Å². The summed E-state index contributed by atoms with van der Waals surface area (Å²) >= 11 is 0. The number of nitrogens with one attached hydrogen (secondary N) is 2. The van der Waals surface area contributed by atoms with E-state index in [1.54, 1.807) is 4.57 Å². The van der Waals surface area contributed by atoms with Crippen molar-refractivity contribution >= 4 is 16.9 Å². The number of amides is 1. The van der Waals surface area contributed by atoms with Crippen molar-refractivity contribution in [2.24, 2.45) is 0 Å². The molecule has 0 radical (unpaired) electrons. The fraction of sp³-hybridized carbons (Fsp3) is 0.130. The monoisotopic (exact) mass is 371 g/mol. The molecule has 5 nitrogen and oxygen atoms in total. The molecule has 0 atom stereocenters. The van der Waals surface area contributed by atoms with Gasteiger partial charge in [0, 0.05) is 18.7 Å². The van der Waals surface area contributed by atoms with Crippen LogP contribution in [-0.4, -0.2) is 22.0 Å². The largest absolute Gasteiger partial charge is 0.352 e. The molecule has 4 rings (SSSR count). The van der Waals surface area contributed by atoms with Crippen LogP contribution >= 0.6 is 0 Å². The minimum Gasteiger partial charge on any atom is -0.352 e. The summed E-state index contributed by atoms with van der Waals surface area (Å²) in [7, 11) is 0. The van der Waals surface area contributed by atoms with E-state index in [1.165, 1.54) is 0 Å². The first-order chi connectivity index (χ1) is 13.7. The molecule has 4 aromatic rings. The summed E-state index contributed by atoms with van der Waals surface area (Å²) in [4.78, 5) is 27.2. The summed E-state index contributed by atoms with van der Waals surface area (Å²) in [6, 6.07) is 25.2. The van der Waals surface area contributed by atoms with Crippen molar-refractivity contribution in [3.63, 3.8) is 0 Å². The SMILES string of the molecule is O=C(NCCCn1c(=O)[nH]c2ccccc21)c1ccc(-c2ccccc2)cc1. The number of aromatic nitrogens is 2. The summed E-state index contributed by atoms with van der Waals surface area (Å²) in [5, 5.41) is 2.92. The molecule has 3 aromatic carbocycles. The normalized spacial score (nSPS) is 10.9. The Labute approximate surface area is 162 Å². The van der Waals surface area contributed by atoms with Gasteiger partial charge >= 0.3 is 5.69 Å². The zero-order chi connectivity index (χ0) is 19.3. The molecule has 0 aliphatic heterocycles. The highest BCUT2D eigenvalue weighted by molar-refractivity contribution is 5.94. The first-order valence-corrected chi connectivity index (χ1v) is 9.33. The molecular formula is C23H21N3O2. The molecule has 5 heteroatoms. The molecule has 0 bridgehead atoms. The van der Waals surface area contributed by atoms with E-state index in [1.807, 2.05) is 78.9 Å². The number of benzene rings is 3. The lowest BCUT2D eigenvalue weighted by Crippen LogP contribution is -2.26. The van der Waals surface area contributed by atoms with Crippen molar-refractivity contribution < 1.29 is 4.79 Å². The van der Waals surface area contributed by atoms with Gasteiger partial charge in [-0.15, -0.1) is 0 Å². The van der Waals surface area contributed by atoms with Crippen LogP contribution in [0, 0.1) is 0 Å². The van der Waals surface area contributed by atoms with E-state index in [4.69, 9.17) is 0 Å². The third kappa shape index (κ3) is 3.74. The lowest BCUT2D eigenvalue weighted by molar-refractivity contribution is 0.0953. The predicted molar refractivity (Wildman–Crippen MR) is 111 cm³/mol. The Hall–Kier alpha value is -3.60. The Morgan fingerprint density at radius 3 is 2.32 bits per heavy atom. The van der Waals surface area contributed by atoms with Crippen LogP contribution < -0.4 is 11.0 Å². The number of fused-ring (bicyclic) bond motifs is 1. The molecule has 0 saturated heterocycles. The van der Waals surface area contributed by atoms with E-state index >= 15 is 0 Å².